The van der Waals surface area contributed by atoms with E-state index >= 15 is 17.6 Å². The minimum Gasteiger partial charge on any atom is -0.458 e. The summed E-state index contributed by atoms with van der Waals surface area (Å²) in [6, 6.07) is 106. The van der Waals surface area contributed by atoms with Gasteiger partial charge in [-0.25, -0.2) is 17.6 Å². The Morgan fingerprint density at radius 1 is 0.223 bits per heavy atom. The molecule has 0 bridgehead atoms. The first kappa shape index (κ1) is 62.7. The zero-order valence-corrected chi connectivity index (χ0v) is 59.3. The zero-order valence-electron chi connectivity index (χ0n) is 59.3. The van der Waals surface area contributed by atoms with Crippen molar-refractivity contribution in [3.05, 3.63) is 351 Å². The fourth-order valence-corrected chi connectivity index (χ4v) is 18.9. The number of anilines is 6. The summed E-state index contributed by atoms with van der Waals surface area (Å²) < 4.78 is 108. The number of halogens is 4. The number of hydrogen-bond acceptors (Lipinski definition) is 6. The molecule has 0 atom stereocenters. The Labute approximate surface area is 640 Å². The Balaban J connectivity index is 0.800. The van der Waals surface area contributed by atoms with Crippen LogP contribution < -0.4 is 77.9 Å². The molecule has 0 unspecified atom stereocenters. The Hall–Kier alpha value is -14.4. The van der Waals surface area contributed by atoms with Crippen LogP contribution in [0.4, 0.5) is 51.7 Å². The van der Waals surface area contributed by atoms with Crippen LogP contribution in [0.15, 0.2) is 328 Å². The maximum Gasteiger partial charge on any atom is 0.260 e. The third-order valence-electron chi connectivity index (χ3n) is 23.5. The van der Waals surface area contributed by atoms with Gasteiger partial charge in [0.1, 0.15) is 80.6 Å². The Morgan fingerprint density at radius 3 is 0.911 bits per heavy atom. The van der Waals surface area contributed by atoms with E-state index in [-0.39, 0.29) is 11.4 Å². The molecule has 6 aliphatic heterocycles. The van der Waals surface area contributed by atoms with Crippen molar-refractivity contribution in [1.29, 1.82) is 0 Å². The van der Waals surface area contributed by atoms with Crippen LogP contribution >= 0.6 is 0 Å². The molecule has 9 heterocycles. The van der Waals surface area contributed by atoms with Crippen LogP contribution in [0, 0.1) is 23.3 Å². The smallest absolute Gasteiger partial charge is 0.260 e. The first-order valence-corrected chi connectivity index (χ1v) is 37.5. The van der Waals surface area contributed by atoms with Crippen LogP contribution in [0.1, 0.15) is 0 Å². The summed E-state index contributed by atoms with van der Waals surface area (Å²) in [5.74, 6) is 1.06. The van der Waals surface area contributed by atoms with E-state index in [9.17, 15) is 0 Å². The lowest BCUT2D eigenvalue weighted by atomic mass is 9.29. The van der Waals surface area contributed by atoms with Crippen molar-refractivity contribution < 1.29 is 36.5 Å². The fraction of sp³-hybridized carbons (Fsp3) is 0. The normalized spacial score (nSPS) is 13.4. The second kappa shape index (κ2) is 23.6. The van der Waals surface area contributed by atoms with Crippen molar-refractivity contribution >= 4 is 136 Å². The second-order valence-corrected chi connectivity index (χ2v) is 29.5. The molecule has 112 heavy (non-hydrogen) atoms. The minimum absolute atomic E-state index is 0.348. The SMILES string of the molecule is Fc1cccc(F)c1N1c2cc3c(cc2B2c4cc5c(cc4N(c4c(F)cccc4F)c4cc(-n6c(-c7ccccc7)cc7ccccc76)cc1c42)Oc1cc(-n2c(-c4ccccc4)cc4ccccc42)cc2c1B5c1ccccc1O2)B1c2ccccc2Oc2cc(-n4c(-c5ccccc5)cc5ccccc54)cc(c21)O3. The predicted octanol–water partition coefficient (Wildman–Crippen LogP) is 18.6. The highest BCUT2D eigenvalue weighted by Gasteiger charge is 2.51. The Morgan fingerprint density at radius 2 is 0.536 bits per heavy atom. The van der Waals surface area contributed by atoms with Crippen molar-refractivity contribution in [1.82, 2.24) is 13.7 Å². The van der Waals surface area contributed by atoms with Gasteiger partial charge in [-0.2, -0.15) is 0 Å². The molecular weight excluding hydrogens is 1400 g/mol. The molecule has 0 aliphatic carbocycles. The van der Waals surface area contributed by atoms with Gasteiger partial charge in [0.2, 0.25) is 0 Å². The van der Waals surface area contributed by atoms with Gasteiger partial charge >= 0.3 is 0 Å². The van der Waals surface area contributed by atoms with E-state index in [2.05, 4.69) is 129 Å². The highest BCUT2D eigenvalue weighted by molar-refractivity contribution is 7.03. The number of benzene rings is 15. The van der Waals surface area contributed by atoms with Gasteiger partial charge in [-0.15, -0.1) is 0 Å². The molecule has 0 fully saturated rings. The topological polar surface area (TPSA) is 58.2 Å². The summed E-state index contributed by atoms with van der Waals surface area (Å²) in [5, 5.41) is 3.00. The summed E-state index contributed by atoms with van der Waals surface area (Å²) in [5.41, 5.74) is 18.0. The number of nitrogens with zero attached hydrogens (tertiary/aromatic N) is 5. The highest BCUT2D eigenvalue weighted by atomic mass is 19.1. The number of para-hydroxylation sites is 7. The van der Waals surface area contributed by atoms with E-state index in [0.717, 1.165) is 111 Å². The van der Waals surface area contributed by atoms with E-state index < -0.39 is 43.4 Å². The second-order valence-electron chi connectivity index (χ2n) is 29.5. The zero-order chi connectivity index (χ0) is 73.9. The number of fused-ring (bicyclic) bond motifs is 15. The van der Waals surface area contributed by atoms with Crippen LogP contribution in [0.2, 0.25) is 0 Å². The van der Waals surface area contributed by atoms with Gasteiger partial charge < -0.3 is 42.4 Å². The quantitative estimate of drug-likeness (QED) is 0.112. The molecule has 3 aromatic heterocycles. The Bertz CT molecular complexity index is 6750. The molecule has 0 spiro atoms. The number of rotatable bonds is 8. The van der Waals surface area contributed by atoms with Crippen molar-refractivity contribution in [2.45, 2.75) is 0 Å². The van der Waals surface area contributed by atoms with Gasteiger partial charge in [-0.3, -0.25) is 0 Å². The van der Waals surface area contributed by atoms with Crippen LogP contribution in [0.5, 0.6) is 46.0 Å². The first-order valence-electron chi connectivity index (χ1n) is 37.5. The number of aromatic nitrogens is 3. The molecule has 18 aromatic rings. The van der Waals surface area contributed by atoms with E-state index in [4.69, 9.17) is 18.9 Å². The molecule has 0 radical (unpaired) electrons. The molecule has 9 nitrogen and oxygen atoms in total. The van der Waals surface area contributed by atoms with Crippen molar-refractivity contribution in [3.63, 3.8) is 0 Å². The highest BCUT2D eigenvalue weighted by Crippen LogP contribution is 2.52. The van der Waals surface area contributed by atoms with Gasteiger partial charge in [0.15, 0.2) is 0 Å². The monoisotopic (exact) mass is 1450 g/mol. The van der Waals surface area contributed by atoms with Crippen LogP contribution in [0.25, 0.3) is 83.5 Å². The maximum atomic E-state index is 18.1. The van der Waals surface area contributed by atoms with Gasteiger partial charge in [0.05, 0.1) is 50.7 Å². The molecule has 0 N–H and O–H groups in total. The Kier molecular flexibility index (Phi) is 13.2. The maximum absolute atomic E-state index is 18.1. The molecule has 24 rings (SSSR count). The molecule has 6 aliphatic rings. The van der Waals surface area contributed by atoms with Crippen LogP contribution in [-0.4, -0.2) is 33.8 Å². The molecule has 16 heteroatoms. The first-order chi connectivity index (χ1) is 55.2. The largest absolute Gasteiger partial charge is 0.458 e. The lowest BCUT2D eigenvalue weighted by Crippen LogP contribution is -2.65. The lowest BCUT2D eigenvalue weighted by molar-refractivity contribution is 0.463. The summed E-state index contributed by atoms with van der Waals surface area (Å²) >= 11 is 0. The van der Waals surface area contributed by atoms with Gasteiger partial charge in [-0.05, 0) is 140 Å². The summed E-state index contributed by atoms with van der Waals surface area (Å²) in [7, 11) is 0. The molecule has 0 amide bonds. The van der Waals surface area contributed by atoms with Crippen molar-refractivity contribution in [2.75, 3.05) is 9.80 Å². The van der Waals surface area contributed by atoms with Gasteiger partial charge in [0.25, 0.3) is 20.1 Å². The summed E-state index contributed by atoms with van der Waals surface area (Å²) in [4.78, 5) is 3.33. The van der Waals surface area contributed by atoms with Crippen LogP contribution in [0.3, 0.4) is 0 Å². The lowest BCUT2D eigenvalue weighted by Gasteiger charge is -2.46. The third kappa shape index (κ3) is 8.99. The van der Waals surface area contributed by atoms with Crippen molar-refractivity contribution in [2.24, 2.45) is 0 Å². The van der Waals surface area contributed by atoms with E-state index in [1.807, 2.05) is 176 Å². The van der Waals surface area contributed by atoms with E-state index in [1.165, 1.54) is 36.4 Å². The summed E-state index contributed by atoms with van der Waals surface area (Å²) in [6.07, 6.45) is 0. The average Bonchev–Trinajstić information content (AvgIpc) is 0.849. The predicted molar refractivity (Wildman–Crippen MR) is 442 cm³/mol. The third-order valence-corrected chi connectivity index (χ3v) is 23.5. The fourth-order valence-electron chi connectivity index (χ4n) is 18.9. The van der Waals surface area contributed by atoms with E-state index in [0.29, 0.717) is 90.8 Å². The van der Waals surface area contributed by atoms with E-state index in [1.54, 1.807) is 9.80 Å². The van der Waals surface area contributed by atoms with Gasteiger partial charge in [-0.1, -0.05) is 206 Å². The number of hydrogen-bond donors (Lipinski definition) is 0. The molecular formula is C96H54B3F4N5O4. The minimum atomic E-state index is -0.861. The van der Waals surface area contributed by atoms with Crippen LogP contribution in [-0.2, 0) is 0 Å². The standard InChI is InChI=1S/C96H54B3F4N5O4/c100-70-33-20-34-71(101)95(70)107-80-53-86-68(97-64-31-13-18-40-84(64)109-88-47-62(49-90(111-86)93(88)97)105-75-38-16-11-29-59(75)43-78(105)56-24-6-2-7-25-56)51-66(80)99-67-52-69-87(112-91-50-63(48-89-94(91)98(69)65-32-14-19-41-85(65)110-89)106-76-39-17-12-30-60(76)44-79(106)57-26-8-3-9-27-57)54-81(67)108(96-72(102)35-21-36-73(96)103)83-46-61(45-82(107)92(83)99)104-74-37-15-10-28-58(74)42-77(104)55-22-4-1-5-23-55/h1-54H. The average molecular weight is 1450 g/mol. The van der Waals surface area contributed by atoms with Gasteiger partial charge in [0, 0.05) is 86.2 Å². The number of ether oxygens (including phenoxy) is 4. The molecule has 0 saturated heterocycles. The molecule has 15 aromatic carbocycles. The van der Waals surface area contributed by atoms with Crippen molar-refractivity contribution in [3.8, 4) is 96.8 Å². The molecule has 0 saturated carbocycles. The summed E-state index contributed by atoms with van der Waals surface area (Å²) in [6.45, 7) is -1.91. The molecule has 524 valence electrons.